The van der Waals surface area contributed by atoms with Crippen molar-refractivity contribution in [2.24, 2.45) is 0 Å². The summed E-state index contributed by atoms with van der Waals surface area (Å²) in [7, 11) is 0. The predicted molar refractivity (Wildman–Crippen MR) is 144 cm³/mol. The summed E-state index contributed by atoms with van der Waals surface area (Å²) in [6.45, 7) is 0. The van der Waals surface area contributed by atoms with E-state index in [2.05, 4.69) is 28.4 Å². The van der Waals surface area contributed by atoms with Gasteiger partial charge in [-0.1, -0.05) is 94.1 Å². The molecule has 0 bridgehead atoms. The maximum Gasteiger partial charge on any atom is 0.269 e. The summed E-state index contributed by atoms with van der Waals surface area (Å²) >= 11 is 14.6. The van der Waals surface area contributed by atoms with Gasteiger partial charge >= 0.3 is 0 Å². The van der Waals surface area contributed by atoms with Gasteiger partial charge in [0, 0.05) is 36.6 Å². The van der Waals surface area contributed by atoms with Crippen LogP contribution in [0.4, 0.5) is 5.69 Å². The van der Waals surface area contributed by atoms with Gasteiger partial charge in [0.2, 0.25) is 0 Å². The number of thioether (sulfide) groups is 8. The van der Waals surface area contributed by atoms with E-state index in [1.54, 1.807) is 35.7 Å². The van der Waals surface area contributed by atoms with Crippen LogP contribution in [0.15, 0.2) is 89.2 Å². The highest BCUT2D eigenvalue weighted by Crippen LogP contribution is 2.64. The molecular weight excluding hydrogens is 543 g/mol. The average Bonchev–Trinajstić information content (AvgIpc) is 3.57. The lowest BCUT2D eigenvalue weighted by atomic mass is 10.2. The molecule has 4 heterocycles. The first kappa shape index (κ1) is 21.2. The molecule has 154 valence electrons. The van der Waals surface area contributed by atoms with E-state index < -0.39 is 0 Å². The van der Waals surface area contributed by atoms with Crippen LogP contribution in [0.3, 0.4) is 0 Å². The lowest BCUT2D eigenvalue weighted by molar-refractivity contribution is -0.384. The number of rotatable bonds is 2. The highest BCUT2D eigenvalue weighted by molar-refractivity contribution is 8.34. The molecule has 4 aliphatic heterocycles. The van der Waals surface area contributed by atoms with Gasteiger partial charge in [0.1, 0.15) is 0 Å². The molecule has 0 aliphatic carbocycles. The monoisotopic (exact) mass is 551 g/mol. The molecule has 0 saturated heterocycles. The first-order chi connectivity index (χ1) is 15.1. The highest BCUT2D eigenvalue weighted by atomic mass is 32.2. The Morgan fingerprint density at radius 1 is 0.645 bits per heavy atom. The van der Waals surface area contributed by atoms with Crippen LogP contribution in [-0.2, 0) is 0 Å². The van der Waals surface area contributed by atoms with Gasteiger partial charge in [0.25, 0.3) is 5.69 Å². The molecule has 0 spiro atoms. The number of fused-ring (bicyclic) bond motifs is 2. The molecule has 0 aromatic heterocycles. The summed E-state index contributed by atoms with van der Waals surface area (Å²) in [5, 5.41) is 17.3. The van der Waals surface area contributed by atoms with E-state index in [0.717, 1.165) is 10.5 Å². The van der Waals surface area contributed by atoms with Crippen molar-refractivity contribution >= 4 is 105 Å². The number of hydrogen-bond donors (Lipinski definition) is 0. The van der Waals surface area contributed by atoms with Gasteiger partial charge in [-0.05, 0) is 46.1 Å². The number of non-ortho nitro benzene ring substituents is 1. The Hall–Kier alpha value is -0.400. The molecule has 11 heteroatoms. The van der Waals surface area contributed by atoms with E-state index in [9.17, 15) is 10.1 Å². The summed E-state index contributed by atoms with van der Waals surface area (Å²) in [5.41, 5.74) is 1.15. The fourth-order valence-electron chi connectivity index (χ4n) is 2.97. The number of nitro groups is 1. The second-order valence-corrected chi connectivity index (χ2v) is 15.3. The van der Waals surface area contributed by atoms with E-state index in [-0.39, 0.29) is 10.6 Å². The van der Waals surface area contributed by atoms with Crippen molar-refractivity contribution in [2.45, 2.75) is 19.6 Å². The summed E-state index contributed by atoms with van der Waals surface area (Å²) in [4.78, 5) is 17.0. The van der Waals surface area contributed by atoms with Gasteiger partial charge < -0.3 is 0 Å². The Bertz CT molecular complexity index is 1210. The maximum atomic E-state index is 10.9. The summed E-state index contributed by atoms with van der Waals surface area (Å²) in [6, 6.07) is 11.5. The van der Waals surface area contributed by atoms with Crippen molar-refractivity contribution in [3.8, 4) is 0 Å². The Balaban J connectivity index is 1.19. The van der Waals surface area contributed by atoms with E-state index in [0.29, 0.717) is 0 Å². The molecular formula is C20H9NO2S8. The van der Waals surface area contributed by atoms with Gasteiger partial charge in [0.05, 0.1) is 21.9 Å². The molecule has 2 aromatic carbocycles. The van der Waals surface area contributed by atoms with Gasteiger partial charge in [0.15, 0.2) is 0 Å². The third-order valence-electron chi connectivity index (χ3n) is 4.40. The van der Waals surface area contributed by atoms with Crippen LogP contribution in [0.25, 0.3) is 4.91 Å². The van der Waals surface area contributed by atoms with E-state index in [1.165, 1.54) is 36.5 Å². The number of hydrogen-bond acceptors (Lipinski definition) is 10. The second kappa shape index (κ2) is 8.75. The van der Waals surface area contributed by atoms with Crippen LogP contribution in [0.2, 0.25) is 0 Å². The largest absolute Gasteiger partial charge is 0.269 e. The topological polar surface area (TPSA) is 43.1 Å². The molecule has 0 fully saturated rings. The van der Waals surface area contributed by atoms with Gasteiger partial charge in [-0.15, -0.1) is 0 Å². The molecule has 0 radical (unpaired) electrons. The minimum absolute atomic E-state index is 0.125. The van der Waals surface area contributed by atoms with E-state index in [4.69, 9.17) is 0 Å². The normalized spacial score (nSPS) is 19.3. The van der Waals surface area contributed by atoms with Gasteiger partial charge in [-0.2, -0.15) is 0 Å². The Labute approximate surface area is 212 Å². The summed E-state index contributed by atoms with van der Waals surface area (Å²) < 4.78 is 5.39. The van der Waals surface area contributed by atoms with Crippen molar-refractivity contribution in [3.63, 3.8) is 0 Å². The van der Waals surface area contributed by atoms with Crippen molar-refractivity contribution in [1.82, 2.24) is 0 Å². The molecule has 6 rings (SSSR count). The molecule has 0 unspecified atom stereocenters. The molecule has 0 N–H and O–H groups in total. The fourth-order valence-corrected chi connectivity index (χ4v) is 13.0. The zero-order chi connectivity index (χ0) is 20.9. The summed E-state index contributed by atoms with van der Waals surface area (Å²) in [5.74, 6) is 0. The van der Waals surface area contributed by atoms with Crippen LogP contribution >= 0.6 is 94.1 Å². The van der Waals surface area contributed by atoms with Crippen LogP contribution in [0.5, 0.6) is 0 Å². The molecule has 0 amide bonds. The first-order valence-corrected chi connectivity index (χ1v) is 15.5. The smallest absolute Gasteiger partial charge is 0.258 e. The molecule has 2 aromatic rings. The Morgan fingerprint density at radius 2 is 1.19 bits per heavy atom. The number of benzene rings is 2. The molecule has 3 nitrogen and oxygen atoms in total. The quantitative estimate of drug-likeness (QED) is 0.266. The zero-order valence-electron chi connectivity index (χ0n) is 15.2. The van der Waals surface area contributed by atoms with Gasteiger partial charge in [-0.3, -0.25) is 10.1 Å². The predicted octanol–water partition coefficient (Wildman–Crippen LogP) is 9.67. The Kier molecular flexibility index (Phi) is 5.97. The zero-order valence-corrected chi connectivity index (χ0v) is 21.8. The third kappa shape index (κ3) is 4.16. The molecule has 0 saturated carbocycles. The van der Waals surface area contributed by atoms with Gasteiger partial charge in [-0.25, -0.2) is 0 Å². The van der Waals surface area contributed by atoms with Crippen LogP contribution in [0.1, 0.15) is 5.56 Å². The average molecular weight is 552 g/mol. The van der Waals surface area contributed by atoms with Crippen molar-refractivity contribution < 1.29 is 4.92 Å². The number of nitrogens with zero attached hydrogens (tertiary/aromatic N) is 1. The molecule has 31 heavy (non-hydrogen) atoms. The second-order valence-electron chi connectivity index (χ2n) is 6.32. The molecule has 0 atom stereocenters. The fraction of sp³-hybridized carbons (Fsp3) is 0. The van der Waals surface area contributed by atoms with Crippen LogP contribution in [0, 0.1) is 10.1 Å². The first-order valence-electron chi connectivity index (χ1n) is 8.80. The SMILES string of the molecule is O=[N+]([O-])c1ccc(C2=CSC(=C3Sc4cc5c(cc4S3)SC(=C3SC=CS3)S5)S2)cc1. The maximum absolute atomic E-state index is 10.9. The van der Waals surface area contributed by atoms with Crippen LogP contribution in [-0.4, -0.2) is 4.92 Å². The van der Waals surface area contributed by atoms with Crippen molar-refractivity contribution in [1.29, 1.82) is 0 Å². The summed E-state index contributed by atoms with van der Waals surface area (Å²) in [6.07, 6.45) is 0. The van der Waals surface area contributed by atoms with Crippen LogP contribution < -0.4 is 0 Å². The minimum Gasteiger partial charge on any atom is -0.258 e. The third-order valence-corrected chi connectivity index (χ3v) is 15.0. The standard InChI is InChI=1S/C20H9NO2S8/c22-21(23)11-3-1-10(2-4-11)16-9-26-18(31-16)20-29-14-7-12-13(8-15(14)30-20)28-19(27-12)17-24-5-6-25-17/h1-9H. The van der Waals surface area contributed by atoms with Crippen molar-refractivity contribution in [3.05, 3.63) is 85.2 Å². The minimum atomic E-state index is -0.360. The highest BCUT2D eigenvalue weighted by Gasteiger charge is 2.30. The number of nitro benzene ring substituents is 1. The Morgan fingerprint density at radius 3 is 1.74 bits per heavy atom. The lowest BCUT2D eigenvalue weighted by Gasteiger charge is -2.03. The molecule has 4 aliphatic rings. The van der Waals surface area contributed by atoms with E-state index >= 15 is 0 Å². The van der Waals surface area contributed by atoms with E-state index in [1.807, 2.05) is 82.7 Å². The van der Waals surface area contributed by atoms with Crippen molar-refractivity contribution in [2.75, 3.05) is 0 Å². The lowest BCUT2D eigenvalue weighted by Crippen LogP contribution is -1.87.